The lowest BCUT2D eigenvalue weighted by Crippen LogP contribution is -2.13. The van der Waals surface area contributed by atoms with Crippen LogP contribution >= 0.6 is 0 Å². The van der Waals surface area contributed by atoms with Crippen molar-refractivity contribution in [3.05, 3.63) is 88.6 Å². The number of benzene rings is 3. The summed E-state index contributed by atoms with van der Waals surface area (Å²) < 4.78 is 14.5. The van der Waals surface area contributed by atoms with Crippen LogP contribution in [0.3, 0.4) is 0 Å². The number of tetrazole rings is 1. The van der Waals surface area contributed by atoms with Crippen LogP contribution < -0.4 is 5.56 Å². The molecule has 3 N–H and O–H groups in total. The van der Waals surface area contributed by atoms with E-state index in [1.165, 1.54) is 28.9 Å². The molecule has 0 aliphatic carbocycles. The van der Waals surface area contributed by atoms with E-state index in [9.17, 15) is 14.3 Å². The minimum atomic E-state index is -0.448. The third-order valence-corrected chi connectivity index (χ3v) is 5.17. The van der Waals surface area contributed by atoms with E-state index in [1.54, 1.807) is 25.1 Å². The van der Waals surface area contributed by atoms with Crippen molar-refractivity contribution in [3.8, 4) is 34.0 Å². The van der Waals surface area contributed by atoms with Crippen LogP contribution in [0.5, 0.6) is 5.75 Å². The van der Waals surface area contributed by atoms with Gasteiger partial charge in [0.05, 0.1) is 11.4 Å². The highest BCUT2D eigenvalue weighted by molar-refractivity contribution is 5.78. The van der Waals surface area contributed by atoms with E-state index in [2.05, 4.69) is 36.0 Å². The largest absolute Gasteiger partial charge is 0.505 e. The number of para-hydroxylation sites is 1. The number of hydrogen-bond donors (Lipinski definition) is 3. The summed E-state index contributed by atoms with van der Waals surface area (Å²) in [5.41, 5.74) is 2.72. The van der Waals surface area contributed by atoms with E-state index in [0.29, 0.717) is 28.3 Å². The zero-order valence-corrected chi connectivity index (χ0v) is 17.8. The molecule has 0 atom stereocenters. The Bertz CT molecular complexity index is 1550. The van der Waals surface area contributed by atoms with Crippen LogP contribution in [0.25, 0.3) is 28.2 Å². The van der Waals surface area contributed by atoms with E-state index in [4.69, 9.17) is 0 Å². The third kappa shape index (κ3) is 3.86. The maximum atomic E-state index is 13.2. The summed E-state index contributed by atoms with van der Waals surface area (Å²) in [6.45, 7) is 1.68. The summed E-state index contributed by atoms with van der Waals surface area (Å²) in [7, 11) is 0. The number of aromatic amines is 2. The average molecular weight is 456 g/mol. The number of phenols is 1. The first kappa shape index (κ1) is 20.9. The molecule has 0 radical (unpaired) electrons. The number of halogens is 1. The van der Waals surface area contributed by atoms with Crippen molar-refractivity contribution < 1.29 is 9.50 Å². The Morgan fingerprint density at radius 3 is 2.53 bits per heavy atom. The summed E-state index contributed by atoms with van der Waals surface area (Å²) in [4.78, 5) is 12.8. The maximum absolute atomic E-state index is 13.2. The van der Waals surface area contributed by atoms with Gasteiger partial charge in [-0.05, 0) is 54.1 Å². The standard InChI is InChI=1S/C23H17FN8O2/c1-13-20(23(34)32(29-13)17-10-8-16(24)9-11-17)26-25-19-7-3-6-18(21(19)33)14-4-2-5-15(12-14)22-27-30-31-28-22/h2-12,29,33H,1H3,(H,27,28,30,31). The number of phenolic OH excluding ortho intramolecular Hbond substituents is 1. The second-order valence-electron chi connectivity index (χ2n) is 7.39. The number of rotatable bonds is 5. The minimum absolute atomic E-state index is 0.0771. The molecule has 0 bridgehead atoms. The monoisotopic (exact) mass is 456 g/mol. The van der Waals surface area contributed by atoms with Crippen molar-refractivity contribution in [1.82, 2.24) is 30.4 Å². The Hall–Kier alpha value is -4.93. The average Bonchev–Trinajstić information content (AvgIpc) is 3.48. The Morgan fingerprint density at radius 2 is 1.76 bits per heavy atom. The van der Waals surface area contributed by atoms with Crippen molar-refractivity contribution in [3.63, 3.8) is 0 Å². The lowest BCUT2D eigenvalue weighted by molar-refractivity contribution is 0.478. The van der Waals surface area contributed by atoms with Crippen LogP contribution in [0.4, 0.5) is 15.8 Å². The van der Waals surface area contributed by atoms with Crippen LogP contribution in [0, 0.1) is 12.7 Å². The van der Waals surface area contributed by atoms with Gasteiger partial charge in [-0.1, -0.05) is 30.3 Å². The fourth-order valence-electron chi connectivity index (χ4n) is 3.49. The van der Waals surface area contributed by atoms with Crippen molar-refractivity contribution >= 4 is 11.4 Å². The smallest absolute Gasteiger partial charge is 0.299 e. The van der Waals surface area contributed by atoms with E-state index in [1.807, 2.05) is 24.3 Å². The van der Waals surface area contributed by atoms with Gasteiger partial charge in [0, 0.05) is 11.1 Å². The molecular formula is C23H17FN8O2. The molecule has 2 aromatic heterocycles. The number of aromatic hydroxyl groups is 1. The normalized spacial score (nSPS) is 11.4. The molecule has 0 amide bonds. The van der Waals surface area contributed by atoms with Gasteiger partial charge < -0.3 is 5.11 Å². The fourth-order valence-corrected chi connectivity index (χ4v) is 3.49. The molecule has 2 heterocycles. The zero-order chi connectivity index (χ0) is 23.7. The predicted octanol–water partition coefficient (Wildman–Crippen LogP) is 4.58. The molecule has 3 aromatic carbocycles. The summed E-state index contributed by atoms with van der Waals surface area (Å²) >= 11 is 0. The van der Waals surface area contributed by atoms with Crippen molar-refractivity contribution in [2.75, 3.05) is 0 Å². The Kier molecular flexibility index (Phi) is 5.26. The predicted molar refractivity (Wildman–Crippen MR) is 122 cm³/mol. The third-order valence-electron chi connectivity index (χ3n) is 5.17. The summed E-state index contributed by atoms with van der Waals surface area (Å²) in [5.74, 6) is -0.0701. The van der Waals surface area contributed by atoms with Gasteiger partial charge >= 0.3 is 0 Å². The molecule has 5 rings (SSSR count). The first-order valence-corrected chi connectivity index (χ1v) is 10.2. The van der Waals surface area contributed by atoms with Crippen LogP contribution in [-0.4, -0.2) is 35.5 Å². The van der Waals surface area contributed by atoms with E-state index in [-0.39, 0.29) is 17.1 Å². The van der Waals surface area contributed by atoms with Crippen LogP contribution in [-0.2, 0) is 0 Å². The van der Waals surface area contributed by atoms with E-state index >= 15 is 0 Å². The topological polar surface area (TPSA) is 137 Å². The molecule has 0 saturated heterocycles. The second kappa shape index (κ2) is 8.54. The Labute approximate surface area is 191 Å². The number of hydrogen-bond acceptors (Lipinski definition) is 7. The maximum Gasteiger partial charge on any atom is 0.299 e. The summed E-state index contributed by atoms with van der Waals surface area (Å²) in [6.07, 6.45) is 0. The molecule has 0 aliphatic heterocycles. The fraction of sp³-hybridized carbons (Fsp3) is 0.0435. The molecule has 34 heavy (non-hydrogen) atoms. The van der Waals surface area contributed by atoms with Crippen molar-refractivity contribution in [2.45, 2.75) is 6.92 Å². The molecule has 0 aliphatic rings. The molecule has 0 unspecified atom stereocenters. The van der Waals surface area contributed by atoms with E-state index < -0.39 is 11.4 Å². The highest BCUT2D eigenvalue weighted by Gasteiger charge is 2.14. The number of nitrogens with zero attached hydrogens (tertiary/aromatic N) is 6. The van der Waals surface area contributed by atoms with Gasteiger partial charge in [0.1, 0.15) is 11.5 Å². The lowest BCUT2D eigenvalue weighted by Gasteiger charge is -2.07. The molecule has 0 saturated carbocycles. The van der Waals surface area contributed by atoms with Crippen molar-refractivity contribution in [1.29, 1.82) is 0 Å². The minimum Gasteiger partial charge on any atom is -0.505 e. The van der Waals surface area contributed by atoms with Crippen LogP contribution in [0.2, 0.25) is 0 Å². The van der Waals surface area contributed by atoms with E-state index in [0.717, 1.165) is 5.56 Å². The lowest BCUT2D eigenvalue weighted by atomic mass is 10.0. The molecular weight excluding hydrogens is 439 g/mol. The summed E-state index contributed by atoms with van der Waals surface area (Å²) in [6, 6.07) is 17.8. The van der Waals surface area contributed by atoms with Gasteiger partial charge in [-0.3, -0.25) is 9.89 Å². The Balaban J connectivity index is 1.49. The number of azo groups is 1. The highest BCUT2D eigenvalue weighted by Crippen LogP contribution is 2.38. The molecule has 0 fully saturated rings. The number of aromatic nitrogens is 6. The van der Waals surface area contributed by atoms with Crippen LogP contribution in [0.15, 0.2) is 81.8 Å². The zero-order valence-electron chi connectivity index (χ0n) is 17.8. The summed E-state index contributed by atoms with van der Waals surface area (Å²) in [5, 5.41) is 35.9. The molecule has 11 heteroatoms. The first-order chi connectivity index (χ1) is 16.5. The van der Waals surface area contributed by atoms with Gasteiger partial charge in [-0.25, -0.2) is 9.07 Å². The quantitative estimate of drug-likeness (QED) is 0.332. The van der Waals surface area contributed by atoms with Crippen LogP contribution in [0.1, 0.15) is 5.69 Å². The highest BCUT2D eigenvalue weighted by atomic mass is 19.1. The Morgan fingerprint density at radius 1 is 1.00 bits per heavy atom. The molecule has 10 nitrogen and oxygen atoms in total. The SMILES string of the molecule is Cc1[nH]n(-c2ccc(F)cc2)c(=O)c1N=Nc1cccc(-c2cccc(-c3nn[nH]n3)c2)c1O. The van der Waals surface area contributed by atoms with Gasteiger partial charge in [0.2, 0.25) is 5.82 Å². The van der Waals surface area contributed by atoms with Gasteiger partial charge in [-0.15, -0.1) is 20.4 Å². The molecule has 0 spiro atoms. The van der Waals surface area contributed by atoms with Gasteiger partial charge in [-0.2, -0.15) is 5.21 Å². The number of aryl methyl sites for hydroxylation is 1. The molecule has 5 aromatic rings. The van der Waals surface area contributed by atoms with Crippen molar-refractivity contribution in [2.24, 2.45) is 10.2 Å². The van der Waals surface area contributed by atoms with Gasteiger partial charge in [0.15, 0.2) is 11.4 Å². The van der Waals surface area contributed by atoms with Gasteiger partial charge in [0.25, 0.3) is 5.56 Å². The first-order valence-electron chi connectivity index (χ1n) is 10.2. The second-order valence-corrected chi connectivity index (χ2v) is 7.39. The molecule has 168 valence electrons. The number of H-pyrrole nitrogens is 2. The number of nitrogens with one attached hydrogen (secondary N) is 2.